The van der Waals surface area contributed by atoms with Crippen LogP contribution in [0.1, 0.15) is 200 Å². The van der Waals surface area contributed by atoms with Gasteiger partial charge in [-0.3, -0.25) is 19.3 Å². The summed E-state index contributed by atoms with van der Waals surface area (Å²) in [5.74, 6) is 3.33. The lowest BCUT2D eigenvalue weighted by Gasteiger charge is -2.54. The third-order valence-corrected chi connectivity index (χ3v) is 12.3. The van der Waals surface area contributed by atoms with Crippen LogP contribution in [0.5, 0.6) is 0 Å². The van der Waals surface area contributed by atoms with E-state index in [1.807, 2.05) is 37.8 Å². The predicted molar refractivity (Wildman–Crippen MR) is 223 cm³/mol. The molecule has 0 radical (unpaired) electrons. The Labute approximate surface area is 333 Å². The van der Waals surface area contributed by atoms with Gasteiger partial charge in [-0.2, -0.15) is 10.1 Å². The Morgan fingerprint density at radius 2 is 0.963 bits per heavy atom. The highest BCUT2D eigenvalue weighted by atomic mass is 16.7. The summed E-state index contributed by atoms with van der Waals surface area (Å²) in [6, 6.07) is 0. The van der Waals surface area contributed by atoms with Crippen LogP contribution in [0.25, 0.3) is 0 Å². The number of nitrogens with zero attached hydrogens (tertiary/aromatic N) is 2. The quantitative estimate of drug-likeness (QED) is 0.136. The molecule has 4 rings (SSSR count). The Balaban J connectivity index is 0.000000466. The SMILES string of the molecule is C.C=CC1CCC(C2CCC(CCC)CC2)CC1.CC(C)ON1C(C)(C)CC(OC(=O)CCC(=O)OC2CC(C)(C)N(OC(C)C)C(C)(C)C2)CC1(C)C. The number of esters is 2. The topological polar surface area (TPSA) is 77.5 Å². The van der Waals surface area contributed by atoms with Gasteiger partial charge in [0, 0.05) is 47.8 Å². The second kappa shape index (κ2) is 20.8. The minimum atomic E-state index is -0.359. The normalized spacial score (nSPS) is 28.7. The van der Waals surface area contributed by atoms with Gasteiger partial charge in [0.2, 0.25) is 0 Å². The standard InChI is InChI=1S/C28H52N2O6.C17H30.CH4/c1-19(2)35-29-25(5,6)15-21(16-26(29,7)8)33-23(31)13-14-24(32)34-22-17-27(9,10)30(36-20(3)4)28(11,12)18-22;1-3-5-15-8-12-17(13-9-15)16-10-6-14(4-2)7-11-16;/h19-22H,13-18H2,1-12H3;4,14-17H,2-3,5-13H2,1H3;1H4. The largest absolute Gasteiger partial charge is 0.462 e. The Kier molecular flexibility index (Phi) is 18.7. The van der Waals surface area contributed by atoms with Crippen LogP contribution in [-0.4, -0.2) is 68.6 Å². The van der Waals surface area contributed by atoms with E-state index in [2.05, 4.69) is 75.0 Å². The zero-order valence-corrected chi connectivity index (χ0v) is 36.6. The summed E-state index contributed by atoms with van der Waals surface area (Å²) in [5.41, 5.74) is -1.15. The second-order valence-corrected chi connectivity index (χ2v) is 20.2. The van der Waals surface area contributed by atoms with Crippen LogP contribution in [-0.2, 0) is 28.7 Å². The zero-order chi connectivity index (χ0) is 39.8. The molecule has 2 saturated heterocycles. The average Bonchev–Trinajstić information content (AvgIpc) is 3.04. The van der Waals surface area contributed by atoms with Crippen LogP contribution in [0, 0.1) is 23.7 Å². The summed E-state index contributed by atoms with van der Waals surface area (Å²) < 4.78 is 11.6. The van der Waals surface area contributed by atoms with E-state index in [4.69, 9.17) is 19.1 Å². The van der Waals surface area contributed by atoms with Crippen molar-refractivity contribution in [2.24, 2.45) is 23.7 Å². The van der Waals surface area contributed by atoms with Crippen LogP contribution in [0.15, 0.2) is 12.7 Å². The Morgan fingerprint density at radius 3 is 1.26 bits per heavy atom. The molecule has 0 aromatic rings. The molecule has 316 valence electrons. The lowest BCUT2D eigenvalue weighted by atomic mass is 9.69. The smallest absolute Gasteiger partial charge is 0.306 e. The maximum atomic E-state index is 12.6. The summed E-state index contributed by atoms with van der Waals surface area (Å²) in [4.78, 5) is 37.5. The number of ether oxygens (including phenoxy) is 2. The molecule has 0 spiro atoms. The first-order chi connectivity index (χ1) is 24.6. The maximum absolute atomic E-state index is 12.6. The van der Waals surface area contributed by atoms with Gasteiger partial charge in [0.25, 0.3) is 0 Å². The van der Waals surface area contributed by atoms with E-state index in [1.54, 1.807) is 0 Å². The van der Waals surface area contributed by atoms with Crippen molar-refractivity contribution in [3.63, 3.8) is 0 Å². The first-order valence-electron chi connectivity index (χ1n) is 21.5. The lowest BCUT2D eigenvalue weighted by Crippen LogP contribution is -2.62. The summed E-state index contributed by atoms with van der Waals surface area (Å²) in [7, 11) is 0. The predicted octanol–water partition coefficient (Wildman–Crippen LogP) is 11.8. The lowest BCUT2D eigenvalue weighted by molar-refractivity contribution is -0.309. The van der Waals surface area contributed by atoms with Crippen molar-refractivity contribution in [1.29, 1.82) is 0 Å². The van der Waals surface area contributed by atoms with Crippen LogP contribution >= 0.6 is 0 Å². The molecule has 0 aromatic carbocycles. The molecule has 0 bridgehead atoms. The van der Waals surface area contributed by atoms with Gasteiger partial charge >= 0.3 is 11.9 Å². The number of piperidine rings is 2. The molecule has 54 heavy (non-hydrogen) atoms. The van der Waals surface area contributed by atoms with Gasteiger partial charge in [-0.25, -0.2) is 0 Å². The van der Waals surface area contributed by atoms with Crippen molar-refractivity contribution in [1.82, 2.24) is 10.1 Å². The van der Waals surface area contributed by atoms with Crippen molar-refractivity contribution >= 4 is 11.9 Å². The van der Waals surface area contributed by atoms with Gasteiger partial charge in [0.1, 0.15) is 12.2 Å². The molecule has 0 N–H and O–H groups in total. The van der Waals surface area contributed by atoms with Crippen LogP contribution in [0.2, 0.25) is 0 Å². The molecule has 0 atom stereocenters. The number of carbonyl (C=O) groups excluding carboxylic acids is 2. The average molecular weight is 763 g/mol. The third-order valence-electron chi connectivity index (χ3n) is 12.3. The molecule has 2 aliphatic carbocycles. The van der Waals surface area contributed by atoms with E-state index in [-0.39, 0.29) is 78.8 Å². The van der Waals surface area contributed by atoms with Gasteiger partial charge in [-0.15, -0.1) is 6.58 Å². The van der Waals surface area contributed by atoms with Gasteiger partial charge < -0.3 is 9.47 Å². The molecule has 0 amide bonds. The van der Waals surface area contributed by atoms with Gasteiger partial charge in [0.15, 0.2) is 0 Å². The summed E-state index contributed by atoms with van der Waals surface area (Å²) in [5, 5.41) is 4.10. The number of allylic oxidation sites excluding steroid dienone is 1. The first-order valence-corrected chi connectivity index (χ1v) is 21.5. The van der Waals surface area contributed by atoms with E-state index < -0.39 is 0 Å². The fraction of sp³-hybridized carbons (Fsp3) is 0.913. The van der Waals surface area contributed by atoms with Crippen molar-refractivity contribution in [2.75, 3.05) is 0 Å². The van der Waals surface area contributed by atoms with Crippen LogP contribution in [0.4, 0.5) is 0 Å². The van der Waals surface area contributed by atoms with Crippen LogP contribution < -0.4 is 0 Å². The van der Waals surface area contributed by atoms with Gasteiger partial charge in [-0.05, 0) is 145 Å². The van der Waals surface area contributed by atoms with E-state index >= 15 is 0 Å². The Morgan fingerprint density at radius 1 is 0.630 bits per heavy atom. The number of hydroxylamine groups is 4. The molecule has 4 aliphatic rings. The second-order valence-electron chi connectivity index (χ2n) is 20.2. The number of hydrogen-bond donors (Lipinski definition) is 0. The maximum Gasteiger partial charge on any atom is 0.306 e. The Bertz CT molecular complexity index is 1050. The first kappa shape index (κ1) is 48.7. The van der Waals surface area contributed by atoms with Crippen molar-refractivity contribution < 1.29 is 28.7 Å². The van der Waals surface area contributed by atoms with E-state index in [0.717, 1.165) is 23.7 Å². The fourth-order valence-electron chi connectivity index (χ4n) is 10.4. The molecule has 8 heteroatoms. The molecule has 2 saturated carbocycles. The van der Waals surface area contributed by atoms with E-state index in [1.165, 1.54) is 64.2 Å². The molecular weight excluding hydrogens is 677 g/mol. The monoisotopic (exact) mass is 763 g/mol. The minimum absolute atomic E-state index is 0. The number of rotatable bonds is 13. The molecule has 2 aliphatic heterocycles. The third kappa shape index (κ3) is 14.5. The molecule has 4 fully saturated rings. The Hall–Kier alpha value is -1.48. The van der Waals surface area contributed by atoms with E-state index in [0.29, 0.717) is 25.7 Å². The van der Waals surface area contributed by atoms with Crippen molar-refractivity contribution in [2.45, 2.75) is 247 Å². The van der Waals surface area contributed by atoms with Crippen molar-refractivity contribution in [3.8, 4) is 0 Å². The molecule has 0 aromatic heterocycles. The minimum Gasteiger partial charge on any atom is -0.462 e. The summed E-state index contributed by atoms with van der Waals surface area (Å²) in [6.45, 7) is 31.2. The highest BCUT2D eigenvalue weighted by Crippen LogP contribution is 2.44. The molecular formula is C46H86N2O6. The van der Waals surface area contributed by atoms with Crippen LogP contribution in [0.3, 0.4) is 0 Å². The van der Waals surface area contributed by atoms with E-state index in [9.17, 15) is 9.59 Å². The summed E-state index contributed by atoms with van der Waals surface area (Å²) >= 11 is 0. The zero-order valence-electron chi connectivity index (χ0n) is 36.6. The fourth-order valence-corrected chi connectivity index (χ4v) is 10.4. The highest BCUT2D eigenvalue weighted by molar-refractivity contribution is 5.77. The highest BCUT2D eigenvalue weighted by Gasteiger charge is 2.49. The number of hydrogen-bond acceptors (Lipinski definition) is 8. The van der Waals surface area contributed by atoms with Gasteiger partial charge in [-0.1, -0.05) is 46.1 Å². The number of carbonyl (C=O) groups is 2. The van der Waals surface area contributed by atoms with Gasteiger partial charge in [0.05, 0.1) is 25.0 Å². The summed E-state index contributed by atoms with van der Waals surface area (Å²) in [6.07, 6.45) is 19.4. The molecule has 0 unspecified atom stereocenters. The molecule has 8 nitrogen and oxygen atoms in total. The molecule has 2 heterocycles. The van der Waals surface area contributed by atoms with Crippen molar-refractivity contribution in [3.05, 3.63) is 12.7 Å².